The molecule has 2 fully saturated rings. The highest BCUT2D eigenvalue weighted by Gasteiger charge is 2.26. The molecule has 8 heteroatoms. The number of halogens is 1. The topological polar surface area (TPSA) is 66.9 Å². The lowest BCUT2D eigenvalue weighted by Crippen LogP contribution is -2.44. The Morgan fingerprint density at radius 2 is 2.14 bits per heavy atom. The van der Waals surface area contributed by atoms with E-state index < -0.39 is 0 Å². The molecule has 2 aliphatic heterocycles. The standard InChI is InChI=1S/C21H24ClN5OS/c1-12-8-14-15(9-18(22)25-20(14)23-12)21-24-16(17-4-3-7-29-17)10-19(26-21)27-5-6-28-11-13(27)2/h8-10,13,17H,3-7,11H2,1-2H3,(H,23,25). The zero-order valence-electron chi connectivity index (χ0n) is 16.6. The van der Waals surface area contributed by atoms with E-state index in [0.29, 0.717) is 10.4 Å². The average molecular weight is 430 g/mol. The van der Waals surface area contributed by atoms with Crippen molar-refractivity contribution in [1.82, 2.24) is 19.9 Å². The van der Waals surface area contributed by atoms with Crippen LogP contribution in [0, 0.1) is 6.92 Å². The van der Waals surface area contributed by atoms with Gasteiger partial charge in [-0.05, 0) is 44.6 Å². The summed E-state index contributed by atoms with van der Waals surface area (Å²) in [5.74, 6) is 2.88. The van der Waals surface area contributed by atoms with E-state index in [1.165, 1.54) is 12.2 Å². The first-order valence-corrected chi connectivity index (χ1v) is 11.5. The number of anilines is 1. The van der Waals surface area contributed by atoms with Crippen LogP contribution < -0.4 is 4.90 Å². The highest BCUT2D eigenvalue weighted by molar-refractivity contribution is 7.99. The Hall–Kier alpha value is -1.83. The van der Waals surface area contributed by atoms with Crippen LogP contribution >= 0.6 is 23.4 Å². The van der Waals surface area contributed by atoms with E-state index in [1.807, 2.05) is 24.8 Å². The maximum atomic E-state index is 6.34. The van der Waals surface area contributed by atoms with Crippen molar-refractivity contribution >= 4 is 40.2 Å². The molecular weight excluding hydrogens is 406 g/mol. The molecule has 152 valence electrons. The van der Waals surface area contributed by atoms with Gasteiger partial charge in [0, 0.05) is 34.5 Å². The van der Waals surface area contributed by atoms with Crippen LogP contribution in [0.25, 0.3) is 22.4 Å². The van der Waals surface area contributed by atoms with Crippen molar-refractivity contribution < 1.29 is 4.74 Å². The predicted molar refractivity (Wildman–Crippen MR) is 119 cm³/mol. The van der Waals surface area contributed by atoms with Gasteiger partial charge in [0.2, 0.25) is 0 Å². The van der Waals surface area contributed by atoms with Crippen LogP contribution in [0.5, 0.6) is 0 Å². The Bertz CT molecular complexity index is 1050. The lowest BCUT2D eigenvalue weighted by Gasteiger charge is -2.34. The summed E-state index contributed by atoms with van der Waals surface area (Å²) >= 11 is 8.33. The molecule has 0 bridgehead atoms. The van der Waals surface area contributed by atoms with Crippen LogP contribution in [0.2, 0.25) is 5.15 Å². The first-order valence-electron chi connectivity index (χ1n) is 10.1. The highest BCUT2D eigenvalue weighted by Crippen LogP contribution is 2.41. The van der Waals surface area contributed by atoms with Crippen molar-refractivity contribution in [2.75, 3.05) is 30.4 Å². The predicted octanol–water partition coefficient (Wildman–Crippen LogP) is 4.77. The molecule has 2 saturated heterocycles. The molecule has 0 radical (unpaired) electrons. The molecule has 29 heavy (non-hydrogen) atoms. The van der Waals surface area contributed by atoms with E-state index in [9.17, 15) is 0 Å². The Morgan fingerprint density at radius 3 is 2.93 bits per heavy atom. The number of aryl methyl sites for hydroxylation is 1. The number of fused-ring (bicyclic) bond motifs is 1. The monoisotopic (exact) mass is 429 g/mol. The molecule has 3 aromatic rings. The number of H-pyrrole nitrogens is 1. The molecule has 0 amide bonds. The summed E-state index contributed by atoms with van der Waals surface area (Å²) in [5, 5.41) is 1.87. The number of ether oxygens (including phenoxy) is 1. The number of aromatic nitrogens is 4. The SMILES string of the molecule is Cc1cc2c(-c3nc(C4CCCS4)cc(N4CCOCC4C)n3)cc(Cl)nc2[nH]1. The number of hydrogen-bond donors (Lipinski definition) is 1. The lowest BCUT2D eigenvalue weighted by molar-refractivity contribution is 0.0985. The van der Waals surface area contributed by atoms with E-state index in [1.54, 1.807) is 0 Å². The molecular formula is C21H24ClN5OS. The Morgan fingerprint density at radius 1 is 1.24 bits per heavy atom. The maximum Gasteiger partial charge on any atom is 0.162 e. The molecule has 0 spiro atoms. The Labute approximate surface area is 179 Å². The number of thioether (sulfide) groups is 1. The van der Waals surface area contributed by atoms with E-state index >= 15 is 0 Å². The van der Waals surface area contributed by atoms with Gasteiger partial charge in [-0.2, -0.15) is 11.8 Å². The smallest absolute Gasteiger partial charge is 0.162 e. The van der Waals surface area contributed by atoms with Gasteiger partial charge in [-0.3, -0.25) is 0 Å². The van der Waals surface area contributed by atoms with Crippen LogP contribution in [-0.4, -0.2) is 51.5 Å². The molecule has 2 atom stereocenters. The zero-order chi connectivity index (χ0) is 20.0. The van der Waals surface area contributed by atoms with Gasteiger partial charge in [0.25, 0.3) is 0 Å². The minimum absolute atomic E-state index is 0.283. The summed E-state index contributed by atoms with van der Waals surface area (Å²) in [6.07, 6.45) is 2.40. The van der Waals surface area contributed by atoms with Crippen molar-refractivity contribution in [3.05, 3.63) is 34.7 Å². The van der Waals surface area contributed by atoms with E-state index in [-0.39, 0.29) is 6.04 Å². The van der Waals surface area contributed by atoms with Gasteiger partial charge in [-0.15, -0.1) is 0 Å². The summed E-state index contributed by atoms with van der Waals surface area (Å²) in [5.41, 5.74) is 3.85. The van der Waals surface area contributed by atoms with E-state index in [4.69, 9.17) is 26.3 Å². The van der Waals surface area contributed by atoms with Crippen molar-refractivity contribution in [2.24, 2.45) is 0 Å². The molecule has 1 N–H and O–H groups in total. The fourth-order valence-electron chi connectivity index (χ4n) is 4.15. The van der Waals surface area contributed by atoms with Crippen LogP contribution in [0.4, 0.5) is 5.82 Å². The van der Waals surface area contributed by atoms with Gasteiger partial charge in [0.15, 0.2) is 5.82 Å². The van der Waals surface area contributed by atoms with Crippen molar-refractivity contribution in [3.8, 4) is 11.4 Å². The van der Waals surface area contributed by atoms with Crippen LogP contribution in [-0.2, 0) is 4.74 Å². The number of hydrogen-bond acceptors (Lipinski definition) is 6. The van der Waals surface area contributed by atoms with Crippen LogP contribution in [0.3, 0.4) is 0 Å². The summed E-state index contributed by atoms with van der Waals surface area (Å²) in [6, 6.07) is 6.43. The molecule has 0 saturated carbocycles. The fourth-order valence-corrected chi connectivity index (χ4v) is 5.59. The Kier molecular flexibility index (Phi) is 5.14. The molecule has 0 aromatic carbocycles. The third-order valence-electron chi connectivity index (χ3n) is 5.60. The third kappa shape index (κ3) is 3.71. The molecule has 5 heterocycles. The van der Waals surface area contributed by atoms with Crippen LogP contribution in [0.15, 0.2) is 18.2 Å². The first-order chi connectivity index (χ1) is 14.1. The van der Waals surface area contributed by atoms with Crippen molar-refractivity contribution in [1.29, 1.82) is 0 Å². The van der Waals surface area contributed by atoms with Gasteiger partial charge in [-0.1, -0.05) is 11.6 Å². The van der Waals surface area contributed by atoms with E-state index in [0.717, 1.165) is 65.8 Å². The summed E-state index contributed by atoms with van der Waals surface area (Å²) in [6.45, 7) is 6.48. The molecule has 5 rings (SSSR count). The summed E-state index contributed by atoms with van der Waals surface area (Å²) in [7, 11) is 0. The van der Waals surface area contributed by atoms with Crippen LogP contribution in [0.1, 0.15) is 36.4 Å². The molecule has 2 aliphatic rings. The van der Waals surface area contributed by atoms with Gasteiger partial charge in [0.1, 0.15) is 16.6 Å². The normalized spacial score (nSPS) is 22.5. The fraction of sp³-hybridized carbons (Fsp3) is 0.476. The number of pyridine rings is 1. The zero-order valence-corrected chi connectivity index (χ0v) is 18.2. The Balaban J connectivity index is 1.68. The van der Waals surface area contributed by atoms with Crippen molar-refractivity contribution in [3.63, 3.8) is 0 Å². The van der Waals surface area contributed by atoms with Gasteiger partial charge < -0.3 is 14.6 Å². The third-order valence-corrected chi connectivity index (χ3v) is 7.20. The van der Waals surface area contributed by atoms with Crippen molar-refractivity contribution in [2.45, 2.75) is 38.0 Å². The molecule has 0 aliphatic carbocycles. The molecule has 3 aromatic heterocycles. The highest BCUT2D eigenvalue weighted by atomic mass is 35.5. The van der Waals surface area contributed by atoms with Gasteiger partial charge in [0.05, 0.1) is 24.9 Å². The quantitative estimate of drug-likeness (QED) is 0.604. The minimum atomic E-state index is 0.283. The second-order valence-electron chi connectivity index (χ2n) is 7.80. The number of morpholine rings is 1. The molecule has 6 nitrogen and oxygen atoms in total. The summed E-state index contributed by atoms with van der Waals surface area (Å²) in [4.78, 5) is 20.1. The number of aromatic amines is 1. The minimum Gasteiger partial charge on any atom is -0.377 e. The number of nitrogens with zero attached hydrogens (tertiary/aromatic N) is 4. The number of nitrogens with one attached hydrogen (secondary N) is 1. The largest absolute Gasteiger partial charge is 0.377 e. The first kappa shape index (κ1) is 19.2. The second kappa shape index (κ2) is 7.78. The average Bonchev–Trinajstić information content (AvgIpc) is 3.36. The second-order valence-corrected chi connectivity index (χ2v) is 9.50. The molecule has 2 unspecified atom stereocenters. The van der Waals surface area contributed by atoms with Gasteiger partial charge >= 0.3 is 0 Å². The summed E-state index contributed by atoms with van der Waals surface area (Å²) < 4.78 is 5.64. The number of rotatable bonds is 3. The van der Waals surface area contributed by atoms with Gasteiger partial charge in [-0.25, -0.2) is 15.0 Å². The lowest BCUT2D eigenvalue weighted by atomic mass is 10.1. The van der Waals surface area contributed by atoms with E-state index in [2.05, 4.69) is 33.9 Å². The maximum absolute atomic E-state index is 6.34.